The molecule has 0 spiro atoms. The molecule has 1 fully saturated rings. The molecule has 1 saturated heterocycles. The van der Waals surface area contributed by atoms with Crippen molar-refractivity contribution < 1.29 is 13.9 Å². The highest BCUT2D eigenvalue weighted by molar-refractivity contribution is 6.04. The van der Waals surface area contributed by atoms with Crippen molar-refractivity contribution >= 4 is 23.0 Å². The lowest BCUT2D eigenvalue weighted by Gasteiger charge is -2.37. The first-order valence-electron chi connectivity index (χ1n) is 9.93. The molecule has 3 aromatic carbocycles. The minimum absolute atomic E-state index is 0.211. The molecular formula is C24H24FN3O2. The quantitative estimate of drug-likeness (QED) is 0.683. The maximum absolute atomic E-state index is 13.0. The molecule has 154 valence electrons. The minimum Gasteiger partial charge on any atom is -0.497 e. The average molecular weight is 405 g/mol. The van der Waals surface area contributed by atoms with Gasteiger partial charge in [-0.2, -0.15) is 0 Å². The highest BCUT2D eigenvalue weighted by atomic mass is 19.1. The summed E-state index contributed by atoms with van der Waals surface area (Å²) in [6, 6.07) is 21.5. The van der Waals surface area contributed by atoms with Gasteiger partial charge in [-0.05, 0) is 72.8 Å². The van der Waals surface area contributed by atoms with Gasteiger partial charge in [0, 0.05) is 48.8 Å². The van der Waals surface area contributed by atoms with Crippen LogP contribution in [0.5, 0.6) is 5.75 Å². The van der Waals surface area contributed by atoms with E-state index in [1.807, 2.05) is 36.4 Å². The molecule has 0 atom stereocenters. The number of benzene rings is 3. The summed E-state index contributed by atoms with van der Waals surface area (Å²) in [7, 11) is 1.67. The summed E-state index contributed by atoms with van der Waals surface area (Å²) in [5.74, 6) is 0.322. The van der Waals surface area contributed by atoms with Gasteiger partial charge in [0.15, 0.2) is 0 Å². The zero-order valence-electron chi connectivity index (χ0n) is 16.8. The lowest BCUT2D eigenvalue weighted by Crippen LogP contribution is -2.46. The Bertz CT molecular complexity index is 980. The van der Waals surface area contributed by atoms with E-state index in [9.17, 15) is 9.18 Å². The summed E-state index contributed by atoms with van der Waals surface area (Å²) in [6.07, 6.45) is 0. The van der Waals surface area contributed by atoms with Gasteiger partial charge in [0.25, 0.3) is 5.91 Å². The zero-order chi connectivity index (χ0) is 20.9. The Morgan fingerprint density at radius 3 is 1.80 bits per heavy atom. The molecule has 6 heteroatoms. The van der Waals surface area contributed by atoms with Crippen LogP contribution in [0.2, 0.25) is 0 Å². The van der Waals surface area contributed by atoms with Crippen LogP contribution in [0, 0.1) is 5.82 Å². The van der Waals surface area contributed by atoms with Gasteiger partial charge in [0.2, 0.25) is 0 Å². The van der Waals surface area contributed by atoms with Crippen LogP contribution in [0.1, 0.15) is 10.4 Å². The number of nitrogens with zero attached hydrogens (tertiary/aromatic N) is 2. The SMILES string of the molecule is COc1ccc(N2CCN(c3ccc(C(=O)Nc4ccc(F)cc4)cc3)CC2)cc1. The number of hydrogen-bond donors (Lipinski definition) is 1. The van der Waals surface area contributed by atoms with Crippen molar-refractivity contribution in [2.45, 2.75) is 0 Å². The maximum atomic E-state index is 13.0. The van der Waals surface area contributed by atoms with Crippen LogP contribution >= 0.6 is 0 Å². The molecule has 30 heavy (non-hydrogen) atoms. The van der Waals surface area contributed by atoms with Crippen LogP contribution in [0.25, 0.3) is 0 Å². The lowest BCUT2D eigenvalue weighted by atomic mass is 10.1. The van der Waals surface area contributed by atoms with Gasteiger partial charge in [0.1, 0.15) is 11.6 Å². The van der Waals surface area contributed by atoms with Crippen LogP contribution < -0.4 is 19.9 Å². The fourth-order valence-corrected chi connectivity index (χ4v) is 3.58. The van der Waals surface area contributed by atoms with E-state index in [-0.39, 0.29) is 11.7 Å². The number of anilines is 3. The highest BCUT2D eigenvalue weighted by Gasteiger charge is 2.18. The minimum atomic E-state index is -0.329. The summed E-state index contributed by atoms with van der Waals surface area (Å²) < 4.78 is 18.2. The number of carbonyl (C=O) groups excluding carboxylic acids is 1. The summed E-state index contributed by atoms with van der Waals surface area (Å²) in [4.78, 5) is 17.1. The van der Waals surface area contributed by atoms with Crippen molar-refractivity contribution in [3.8, 4) is 5.75 Å². The molecule has 0 aromatic heterocycles. The molecule has 0 radical (unpaired) electrons. The van der Waals surface area contributed by atoms with E-state index in [1.165, 1.54) is 17.8 Å². The van der Waals surface area contributed by atoms with Crippen molar-refractivity contribution in [2.75, 3.05) is 48.4 Å². The predicted molar refractivity (Wildman–Crippen MR) is 118 cm³/mol. The molecule has 1 aliphatic rings. The Balaban J connectivity index is 1.34. The third kappa shape index (κ3) is 4.54. The molecule has 0 aliphatic carbocycles. The van der Waals surface area contributed by atoms with Gasteiger partial charge in [-0.15, -0.1) is 0 Å². The van der Waals surface area contributed by atoms with Crippen molar-refractivity contribution in [1.29, 1.82) is 0 Å². The monoisotopic (exact) mass is 405 g/mol. The summed E-state index contributed by atoms with van der Waals surface area (Å²) in [5.41, 5.74) is 3.44. The average Bonchev–Trinajstić information content (AvgIpc) is 2.81. The highest BCUT2D eigenvalue weighted by Crippen LogP contribution is 2.23. The predicted octanol–water partition coefficient (Wildman–Crippen LogP) is 4.41. The van der Waals surface area contributed by atoms with Gasteiger partial charge >= 0.3 is 0 Å². The van der Waals surface area contributed by atoms with Gasteiger partial charge in [-0.3, -0.25) is 4.79 Å². The zero-order valence-corrected chi connectivity index (χ0v) is 16.8. The third-order valence-electron chi connectivity index (χ3n) is 5.31. The standard InChI is InChI=1S/C24H24FN3O2/c1-30-23-12-10-22(11-13-23)28-16-14-27(15-17-28)21-8-2-18(3-9-21)24(29)26-20-6-4-19(25)5-7-20/h2-13H,14-17H2,1H3,(H,26,29). The number of nitrogens with one attached hydrogen (secondary N) is 1. The largest absolute Gasteiger partial charge is 0.497 e. The molecule has 4 rings (SSSR count). The first-order chi connectivity index (χ1) is 14.6. The molecule has 0 unspecified atom stereocenters. The Kier molecular flexibility index (Phi) is 5.84. The second-order valence-electron chi connectivity index (χ2n) is 7.18. The van der Waals surface area contributed by atoms with Gasteiger partial charge in [0.05, 0.1) is 7.11 Å². The van der Waals surface area contributed by atoms with Crippen molar-refractivity contribution in [3.63, 3.8) is 0 Å². The van der Waals surface area contributed by atoms with E-state index in [2.05, 4.69) is 27.2 Å². The van der Waals surface area contributed by atoms with E-state index in [0.29, 0.717) is 11.3 Å². The normalized spacial score (nSPS) is 13.8. The van der Waals surface area contributed by atoms with Crippen LogP contribution in [0.4, 0.5) is 21.5 Å². The molecule has 1 aliphatic heterocycles. The summed E-state index contributed by atoms with van der Waals surface area (Å²) in [6.45, 7) is 3.68. The fourth-order valence-electron chi connectivity index (χ4n) is 3.58. The van der Waals surface area contributed by atoms with E-state index >= 15 is 0 Å². The Morgan fingerprint density at radius 2 is 1.30 bits per heavy atom. The molecule has 3 aromatic rings. The number of methoxy groups -OCH3 is 1. The number of hydrogen-bond acceptors (Lipinski definition) is 4. The number of piperazine rings is 1. The van der Waals surface area contributed by atoms with E-state index in [4.69, 9.17) is 4.74 Å². The van der Waals surface area contributed by atoms with Gasteiger partial charge in [-0.1, -0.05) is 0 Å². The maximum Gasteiger partial charge on any atom is 0.255 e. The summed E-state index contributed by atoms with van der Waals surface area (Å²) >= 11 is 0. The van der Waals surface area contributed by atoms with Gasteiger partial charge < -0.3 is 19.9 Å². The molecule has 5 nitrogen and oxygen atoms in total. The fraction of sp³-hybridized carbons (Fsp3) is 0.208. The van der Waals surface area contributed by atoms with Crippen LogP contribution in [-0.4, -0.2) is 39.2 Å². The van der Waals surface area contributed by atoms with E-state index < -0.39 is 0 Å². The van der Waals surface area contributed by atoms with Crippen LogP contribution in [-0.2, 0) is 0 Å². The molecular weight excluding hydrogens is 381 g/mol. The number of ether oxygens (including phenoxy) is 1. The van der Waals surface area contributed by atoms with Crippen LogP contribution in [0.3, 0.4) is 0 Å². The van der Waals surface area contributed by atoms with Gasteiger partial charge in [-0.25, -0.2) is 4.39 Å². The van der Waals surface area contributed by atoms with Crippen molar-refractivity contribution in [3.05, 3.63) is 84.2 Å². The Labute approximate surface area is 175 Å². The smallest absolute Gasteiger partial charge is 0.255 e. The summed E-state index contributed by atoms with van der Waals surface area (Å²) in [5, 5.41) is 2.78. The number of carbonyl (C=O) groups is 1. The second kappa shape index (κ2) is 8.86. The lowest BCUT2D eigenvalue weighted by molar-refractivity contribution is 0.102. The number of amides is 1. The Morgan fingerprint density at radius 1 is 0.800 bits per heavy atom. The third-order valence-corrected chi connectivity index (χ3v) is 5.31. The Hall–Kier alpha value is -3.54. The molecule has 1 heterocycles. The van der Waals surface area contributed by atoms with E-state index in [0.717, 1.165) is 37.6 Å². The topological polar surface area (TPSA) is 44.8 Å². The number of rotatable bonds is 5. The van der Waals surface area contributed by atoms with Crippen LogP contribution in [0.15, 0.2) is 72.8 Å². The number of halogens is 1. The molecule has 1 N–H and O–H groups in total. The first kappa shape index (κ1) is 19.8. The second-order valence-corrected chi connectivity index (χ2v) is 7.18. The van der Waals surface area contributed by atoms with Crippen molar-refractivity contribution in [1.82, 2.24) is 0 Å². The molecule has 0 bridgehead atoms. The molecule has 1 amide bonds. The van der Waals surface area contributed by atoms with Crippen molar-refractivity contribution in [2.24, 2.45) is 0 Å². The van der Waals surface area contributed by atoms with E-state index in [1.54, 1.807) is 19.2 Å². The first-order valence-corrected chi connectivity index (χ1v) is 9.93. The molecule has 0 saturated carbocycles.